The summed E-state index contributed by atoms with van der Waals surface area (Å²) in [6.07, 6.45) is -0.423. The van der Waals surface area contributed by atoms with Crippen LogP contribution < -0.4 is 4.84 Å². The fraction of sp³-hybridized carbons (Fsp3) is 0.417. The first-order chi connectivity index (χ1) is 7.66. The Hall–Kier alpha value is -1.71. The molecule has 1 aromatic rings. The summed E-state index contributed by atoms with van der Waals surface area (Å²) in [6, 6.07) is 7.73. The second-order valence-electron chi connectivity index (χ2n) is 4.03. The van der Waals surface area contributed by atoms with Crippen molar-refractivity contribution in [1.29, 1.82) is 0 Å². The van der Waals surface area contributed by atoms with Crippen molar-refractivity contribution in [2.24, 2.45) is 0 Å². The number of ether oxygens (including phenoxy) is 1. The Balaban J connectivity index is 2.02. The first-order valence-corrected chi connectivity index (χ1v) is 5.39. The lowest BCUT2D eigenvalue weighted by Gasteiger charge is -2.14. The number of rotatable bonds is 3. The van der Waals surface area contributed by atoms with Crippen LogP contribution in [-0.2, 0) is 4.74 Å². The van der Waals surface area contributed by atoms with E-state index in [1.807, 2.05) is 24.3 Å². The van der Waals surface area contributed by atoms with E-state index in [2.05, 4.69) is 13.8 Å². The minimum atomic E-state index is -0.423. The number of hydroxylamine groups is 2. The highest BCUT2D eigenvalue weighted by Crippen LogP contribution is 2.20. The fourth-order valence-corrected chi connectivity index (χ4v) is 1.50. The normalized spacial score (nSPS) is 15.4. The molecule has 1 aliphatic rings. The van der Waals surface area contributed by atoms with Crippen LogP contribution in [-0.4, -0.2) is 24.3 Å². The molecule has 86 valence electrons. The molecule has 1 aromatic carbocycles. The predicted molar refractivity (Wildman–Crippen MR) is 59.2 cm³/mol. The van der Waals surface area contributed by atoms with Crippen LogP contribution in [0.5, 0.6) is 5.75 Å². The van der Waals surface area contributed by atoms with Gasteiger partial charge in [-0.3, -0.25) is 0 Å². The number of hydrogen-bond acceptors (Lipinski definition) is 3. The number of hydrogen-bond donors (Lipinski definition) is 0. The topological polar surface area (TPSA) is 38.8 Å². The van der Waals surface area contributed by atoms with E-state index < -0.39 is 6.09 Å². The average Bonchev–Trinajstić information content (AvgIpc) is 2.65. The van der Waals surface area contributed by atoms with Gasteiger partial charge in [-0.05, 0) is 23.6 Å². The lowest BCUT2D eigenvalue weighted by molar-refractivity contribution is -0.00119. The summed E-state index contributed by atoms with van der Waals surface area (Å²) in [4.78, 5) is 16.5. The van der Waals surface area contributed by atoms with Crippen LogP contribution in [0.4, 0.5) is 4.79 Å². The fourth-order valence-electron chi connectivity index (χ4n) is 1.50. The molecule has 1 saturated heterocycles. The molecule has 1 aliphatic heterocycles. The lowest BCUT2D eigenvalue weighted by Crippen LogP contribution is -2.27. The molecule has 0 atom stereocenters. The highest BCUT2D eigenvalue weighted by Gasteiger charge is 2.23. The molecule has 0 N–H and O–H groups in total. The van der Waals surface area contributed by atoms with Crippen LogP contribution in [0.15, 0.2) is 24.3 Å². The van der Waals surface area contributed by atoms with Crippen LogP contribution in [0, 0.1) is 0 Å². The van der Waals surface area contributed by atoms with Gasteiger partial charge in [0.15, 0.2) is 5.75 Å². The van der Waals surface area contributed by atoms with Gasteiger partial charge in [0.2, 0.25) is 0 Å². The zero-order chi connectivity index (χ0) is 11.5. The Morgan fingerprint density at radius 2 is 2.00 bits per heavy atom. The molecule has 0 radical (unpaired) electrons. The summed E-state index contributed by atoms with van der Waals surface area (Å²) in [5.74, 6) is 1.15. The van der Waals surface area contributed by atoms with Crippen molar-refractivity contribution in [3.63, 3.8) is 0 Å². The van der Waals surface area contributed by atoms with Crippen molar-refractivity contribution in [1.82, 2.24) is 5.06 Å². The third-order valence-electron chi connectivity index (χ3n) is 2.49. The molecule has 0 spiro atoms. The van der Waals surface area contributed by atoms with Crippen molar-refractivity contribution in [2.75, 3.05) is 13.2 Å². The molecule has 0 aromatic heterocycles. The maximum atomic E-state index is 11.1. The minimum Gasteiger partial charge on any atom is -0.445 e. The maximum absolute atomic E-state index is 11.1. The Labute approximate surface area is 94.7 Å². The number of nitrogens with zero attached hydrogens (tertiary/aromatic N) is 1. The van der Waals surface area contributed by atoms with Crippen LogP contribution in [0.25, 0.3) is 0 Å². The van der Waals surface area contributed by atoms with Gasteiger partial charge in [-0.15, -0.1) is 5.06 Å². The smallest absolute Gasteiger partial charge is 0.443 e. The molecule has 0 unspecified atom stereocenters. The second kappa shape index (κ2) is 4.43. The van der Waals surface area contributed by atoms with Gasteiger partial charge in [-0.25, -0.2) is 4.79 Å². The molecular formula is C12H15NO3. The molecule has 0 bridgehead atoms. The van der Waals surface area contributed by atoms with E-state index in [0.29, 0.717) is 24.8 Å². The Bertz CT molecular complexity index is 372. The number of benzene rings is 1. The number of carbonyl (C=O) groups excluding carboxylic acids is 1. The lowest BCUT2D eigenvalue weighted by atomic mass is 10.0. The SMILES string of the molecule is CC(C)c1ccc(ON2CCOC2=O)cc1. The largest absolute Gasteiger partial charge is 0.445 e. The standard InChI is InChI=1S/C12H15NO3/c1-9(2)10-3-5-11(6-4-10)16-13-7-8-15-12(13)14/h3-6,9H,7-8H2,1-2H3. The number of cyclic esters (lactones) is 1. The van der Waals surface area contributed by atoms with E-state index in [-0.39, 0.29) is 0 Å². The Morgan fingerprint density at radius 1 is 1.31 bits per heavy atom. The summed E-state index contributed by atoms with van der Waals surface area (Å²) in [7, 11) is 0. The van der Waals surface area contributed by atoms with Crippen molar-refractivity contribution in [2.45, 2.75) is 19.8 Å². The molecule has 4 nitrogen and oxygen atoms in total. The Kier molecular flexibility index (Phi) is 2.99. The predicted octanol–water partition coefficient (Wildman–Crippen LogP) is 2.56. The molecule has 0 aliphatic carbocycles. The number of carbonyl (C=O) groups is 1. The summed E-state index contributed by atoms with van der Waals surface area (Å²) in [5.41, 5.74) is 1.25. The van der Waals surface area contributed by atoms with Crippen molar-refractivity contribution in [3.05, 3.63) is 29.8 Å². The molecule has 2 rings (SSSR count). The van der Waals surface area contributed by atoms with Crippen molar-refractivity contribution in [3.8, 4) is 5.75 Å². The second-order valence-corrected chi connectivity index (χ2v) is 4.03. The van der Waals surface area contributed by atoms with Gasteiger partial charge >= 0.3 is 6.09 Å². The van der Waals surface area contributed by atoms with Crippen LogP contribution >= 0.6 is 0 Å². The van der Waals surface area contributed by atoms with E-state index in [0.717, 1.165) is 0 Å². The zero-order valence-electron chi connectivity index (χ0n) is 9.47. The first-order valence-electron chi connectivity index (χ1n) is 5.39. The molecule has 1 fully saturated rings. The summed E-state index contributed by atoms with van der Waals surface area (Å²) < 4.78 is 4.76. The van der Waals surface area contributed by atoms with E-state index >= 15 is 0 Å². The van der Waals surface area contributed by atoms with Gasteiger partial charge in [0.1, 0.15) is 6.61 Å². The van der Waals surface area contributed by atoms with E-state index in [9.17, 15) is 4.79 Å². The summed E-state index contributed by atoms with van der Waals surface area (Å²) in [5, 5.41) is 1.23. The summed E-state index contributed by atoms with van der Waals surface area (Å²) >= 11 is 0. The molecule has 16 heavy (non-hydrogen) atoms. The van der Waals surface area contributed by atoms with Crippen LogP contribution in [0.3, 0.4) is 0 Å². The third-order valence-corrected chi connectivity index (χ3v) is 2.49. The van der Waals surface area contributed by atoms with Gasteiger partial charge < -0.3 is 9.57 Å². The minimum absolute atomic E-state index is 0.392. The molecule has 1 amide bonds. The summed E-state index contributed by atoms with van der Waals surface area (Å²) in [6.45, 7) is 5.13. The highest BCUT2D eigenvalue weighted by atomic mass is 16.7. The molecule has 0 saturated carbocycles. The van der Waals surface area contributed by atoms with Gasteiger partial charge in [-0.1, -0.05) is 26.0 Å². The quantitative estimate of drug-likeness (QED) is 0.787. The first kappa shape index (κ1) is 10.8. The molecule has 1 heterocycles. The molecule has 4 heteroatoms. The maximum Gasteiger partial charge on any atom is 0.443 e. The Morgan fingerprint density at radius 3 is 2.50 bits per heavy atom. The van der Waals surface area contributed by atoms with Gasteiger partial charge in [0.25, 0.3) is 0 Å². The average molecular weight is 221 g/mol. The monoisotopic (exact) mass is 221 g/mol. The van der Waals surface area contributed by atoms with Gasteiger partial charge in [0.05, 0.1) is 6.54 Å². The number of amides is 1. The van der Waals surface area contributed by atoms with Crippen LogP contribution in [0.1, 0.15) is 25.3 Å². The zero-order valence-corrected chi connectivity index (χ0v) is 9.47. The van der Waals surface area contributed by atoms with Crippen LogP contribution in [0.2, 0.25) is 0 Å². The van der Waals surface area contributed by atoms with Gasteiger partial charge in [0, 0.05) is 0 Å². The highest BCUT2D eigenvalue weighted by molar-refractivity contribution is 5.68. The van der Waals surface area contributed by atoms with Crippen molar-refractivity contribution >= 4 is 6.09 Å². The van der Waals surface area contributed by atoms with E-state index in [1.54, 1.807) is 0 Å². The van der Waals surface area contributed by atoms with Gasteiger partial charge in [-0.2, -0.15) is 0 Å². The molecular weight excluding hydrogens is 206 g/mol. The van der Waals surface area contributed by atoms with Crippen molar-refractivity contribution < 1.29 is 14.4 Å². The van der Waals surface area contributed by atoms with E-state index in [1.165, 1.54) is 10.6 Å². The third kappa shape index (κ3) is 2.27. The van der Waals surface area contributed by atoms with E-state index in [4.69, 9.17) is 9.57 Å².